The van der Waals surface area contributed by atoms with Crippen LogP contribution in [0.4, 0.5) is 10.8 Å². The Kier molecular flexibility index (Phi) is 3.43. The minimum absolute atomic E-state index is 0.532. The van der Waals surface area contributed by atoms with Crippen molar-refractivity contribution in [3.63, 3.8) is 0 Å². The number of nitrogens with zero attached hydrogens (tertiary/aromatic N) is 3. The highest BCUT2D eigenvalue weighted by molar-refractivity contribution is 7.15. The van der Waals surface area contributed by atoms with Crippen molar-refractivity contribution in [2.45, 2.75) is 32.3 Å². The number of nitrogen functional groups attached to an aromatic ring is 1. The molecule has 0 radical (unpaired) electrons. The summed E-state index contributed by atoms with van der Waals surface area (Å²) in [6, 6.07) is 0. The van der Waals surface area contributed by atoms with Gasteiger partial charge in [0, 0.05) is 24.2 Å². The first-order valence-electron chi connectivity index (χ1n) is 6.61. The molecule has 2 aromatic heterocycles. The molecule has 2 aromatic rings. The first kappa shape index (κ1) is 13.8. The van der Waals surface area contributed by atoms with Crippen LogP contribution in [-0.2, 0) is 0 Å². The van der Waals surface area contributed by atoms with E-state index < -0.39 is 5.60 Å². The summed E-state index contributed by atoms with van der Waals surface area (Å²) < 4.78 is 4.29. The van der Waals surface area contributed by atoms with Crippen LogP contribution in [0.15, 0.2) is 5.38 Å². The zero-order valence-electron chi connectivity index (χ0n) is 11.6. The first-order valence-corrected chi connectivity index (χ1v) is 8.26. The molecule has 20 heavy (non-hydrogen) atoms. The Hall–Kier alpha value is -1.18. The number of β-amino-alcohol motifs (C(OH)–C–C–N with tert-alkyl or cyclic N) is 1. The Balaban J connectivity index is 1.98. The van der Waals surface area contributed by atoms with Crippen LogP contribution in [0.25, 0.3) is 10.6 Å². The van der Waals surface area contributed by atoms with Crippen LogP contribution >= 0.6 is 22.9 Å². The standard InChI is InChI=1S/C13H18N4OS2/c1-8-6-19-11(15-8)9-10(14)16-20-12(9)17-5-3-4-13(2,18)7-17/h6,18H,3-5,7H2,1-2H3,(H2,14,16). The molecule has 3 rings (SSSR count). The molecule has 7 heteroatoms. The molecule has 1 saturated heterocycles. The Morgan fingerprint density at radius 2 is 2.30 bits per heavy atom. The highest BCUT2D eigenvalue weighted by Crippen LogP contribution is 2.42. The maximum atomic E-state index is 10.3. The van der Waals surface area contributed by atoms with E-state index in [0.717, 1.165) is 40.7 Å². The van der Waals surface area contributed by atoms with Gasteiger partial charge < -0.3 is 15.7 Å². The smallest absolute Gasteiger partial charge is 0.149 e. The Bertz CT molecular complexity index is 620. The van der Waals surface area contributed by atoms with Crippen LogP contribution in [0.1, 0.15) is 25.5 Å². The maximum Gasteiger partial charge on any atom is 0.149 e. The zero-order chi connectivity index (χ0) is 14.3. The molecule has 3 N–H and O–H groups in total. The van der Waals surface area contributed by atoms with Crippen molar-refractivity contribution < 1.29 is 5.11 Å². The molecule has 1 aliphatic heterocycles. The largest absolute Gasteiger partial charge is 0.388 e. The van der Waals surface area contributed by atoms with E-state index in [4.69, 9.17) is 5.73 Å². The summed E-state index contributed by atoms with van der Waals surface area (Å²) in [6.07, 6.45) is 1.81. The van der Waals surface area contributed by atoms with Gasteiger partial charge in [0.1, 0.15) is 15.8 Å². The van der Waals surface area contributed by atoms with Gasteiger partial charge in [-0.05, 0) is 38.2 Å². The van der Waals surface area contributed by atoms with Crippen molar-refractivity contribution in [3.05, 3.63) is 11.1 Å². The van der Waals surface area contributed by atoms with Crippen LogP contribution in [0.2, 0.25) is 0 Å². The number of anilines is 2. The van der Waals surface area contributed by atoms with E-state index in [1.165, 1.54) is 11.5 Å². The Morgan fingerprint density at radius 1 is 1.50 bits per heavy atom. The van der Waals surface area contributed by atoms with Gasteiger partial charge in [-0.1, -0.05) is 0 Å². The number of hydrogen-bond acceptors (Lipinski definition) is 7. The number of aliphatic hydroxyl groups is 1. The summed E-state index contributed by atoms with van der Waals surface area (Å²) >= 11 is 2.98. The summed E-state index contributed by atoms with van der Waals surface area (Å²) in [6.45, 7) is 5.40. The third kappa shape index (κ3) is 2.53. The van der Waals surface area contributed by atoms with Gasteiger partial charge in [0.15, 0.2) is 0 Å². The molecule has 1 atom stereocenters. The highest BCUT2D eigenvalue weighted by atomic mass is 32.1. The van der Waals surface area contributed by atoms with Gasteiger partial charge in [0.25, 0.3) is 0 Å². The third-order valence-electron chi connectivity index (χ3n) is 3.50. The van der Waals surface area contributed by atoms with E-state index in [1.807, 2.05) is 19.2 Å². The molecule has 0 saturated carbocycles. The van der Waals surface area contributed by atoms with Crippen molar-refractivity contribution in [3.8, 4) is 10.6 Å². The van der Waals surface area contributed by atoms with Crippen LogP contribution < -0.4 is 10.6 Å². The van der Waals surface area contributed by atoms with Crippen LogP contribution in [0.5, 0.6) is 0 Å². The van der Waals surface area contributed by atoms with Gasteiger partial charge in [-0.25, -0.2) is 4.98 Å². The number of thiazole rings is 1. The third-order valence-corrected chi connectivity index (χ3v) is 5.40. The summed E-state index contributed by atoms with van der Waals surface area (Å²) in [5.74, 6) is 0.532. The van der Waals surface area contributed by atoms with Crippen LogP contribution in [-0.4, -0.2) is 33.2 Å². The van der Waals surface area contributed by atoms with Crippen molar-refractivity contribution in [1.82, 2.24) is 9.36 Å². The lowest BCUT2D eigenvalue weighted by atomic mass is 9.95. The molecule has 0 aliphatic carbocycles. The van der Waals surface area contributed by atoms with Gasteiger partial charge in [-0.15, -0.1) is 11.3 Å². The maximum absolute atomic E-state index is 10.3. The van der Waals surface area contributed by atoms with Gasteiger partial charge in [0.2, 0.25) is 0 Å². The van der Waals surface area contributed by atoms with Crippen LogP contribution in [0, 0.1) is 6.92 Å². The van der Waals surface area contributed by atoms with Gasteiger partial charge in [-0.2, -0.15) is 4.37 Å². The number of rotatable bonds is 2. The molecule has 0 aromatic carbocycles. The summed E-state index contributed by atoms with van der Waals surface area (Å²) in [5.41, 5.74) is 7.30. The number of aromatic nitrogens is 2. The molecule has 3 heterocycles. The minimum Gasteiger partial charge on any atom is -0.388 e. The summed E-state index contributed by atoms with van der Waals surface area (Å²) in [5, 5.41) is 14.2. The van der Waals surface area contributed by atoms with Gasteiger partial charge in [-0.3, -0.25) is 0 Å². The second-order valence-electron chi connectivity index (χ2n) is 5.56. The van der Waals surface area contributed by atoms with Crippen molar-refractivity contribution in [1.29, 1.82) is 0 Å². The van der Waals surface area contributed by atoms with Crippen molar-refractivity contribution >= 4 is 33.7 Å². The van der Waals surface area contributed by atoms with E-state index in [0.29, 0.717) is 12.4 Å². The summed E-state index contributed by atoms with van der Waals surface area (Å²) in [4.78, 5) is 6.71. The first-order chi connectivity index (χ1) is 9.46. The lowest BCUT2D eigenvalue weighted by molar-refractivity contribution is 0.0451. The number of nitrogens with two attached hydrogens (primary N) is 1. The normalized spacial score (nSPS) is 23.2. The fourth-order valence-corrected chi connectivity index (χ4v) is 4.33. The van der Waals surface area contributed by atoms with Crippen molar-refractivity contribution in [2.24, 2.45) is 0 Å². The zero-order valence-corrected chi connectivity index (χ0v) is 13.2. The molecule has 1 aliphatic rings. The topological polar surface area (TPSA) is 75.3 Å². The second kappa shape index (κ2) is 4.98. The molecule has 1 fully saturated rings. The molecule has 0 amide bonds. The predicted molar refractivity (Wildman–Crippen MR) is 84.4 cm³/mol. The fourth-order valence-electron chi connectivity index (χ4n) is 2.57. The lowest BCUT2D eigenvalue weighted by Gasteiger charge is -2.37. The average Bonchev–Trinajstić information content (AvgIpc) is 2.94. The molecule has 0 spiro atoms. The average molecular weight is 310 g/mol. The SMILES string of the molecule is Cc1csc(-c2c(N)nsc2N2CCCC(C)(O)C2)n1. The van der Waals surface area contributed by atoms with E-state index in [-0.39, 0.29) is 0 Å². The number of aryl methyl sites for hydroxylation is 1. The fraction of sp³-hybridized carbons (Fsp3) is 0.538. The van der Waals surface area contributed by atoms with E-state index in [9.17, 15) is 5.11 Å². The number of hydrogen-bond donors (Lipinski definition) is 2. The molecule has 5 nitrogen and oxygen atoms in total. The monoisotopic (exact) mass is 310 g/mol. The number of piperidine rings is 1. The van der Waals surface area contributed by atoms with E-state index in [2.05, 4.69) is 14.3 Å². The minimum atomic E-state index is -0.646. The highest BCUT2D eigenvalue weighted by Gasteiger charge is 2.31. The summed E-state index contributed by atoms with van der Waals surface area (Å²) in [7, 11) is 0. The van der Waals surface area contributed by atoms with E-state index >= 15 is 0 Å². The second-order valence-corrected chi connectivity index (χ2v) is 7.17. The Morgan fingerprint density at radius 3 is 2.95 bits per heavy atom. The van der Waals surface area contributed by atoms with Gasteiger partial charge in [0.05, 0.1) is 11.2 Å². The van der Waals surface area contributed by atoms with Crippen LogP contribution in [0.3, 0.4) is 0 Å². The van der Waals surface area contributed by atoms with Gasteiger partial charge >= 0.3 is 0 Å². The molecule has 1 unspecified atom stereocenters. The quantitative estimate of drug-likeness (QED) is 0.891. The molecular formula is C13H18N4OS2. The lowest BCUT2D eigenvalue weighted by Crippen LogP contribution is -2.46. The Labute approximate surface area is 126 Å². The molecule has 108 valence electrons. The van der Waals surface area contributed by atoms with Crippen molar-refractivity contribution in [2.75, 3.05) is 23.7 Å². The molecule has 0 bridgehead atoms. The molecular weight excluding hydrogens is 292 g/mol. The predicted octanol–water partition coefficient (Wildman–Crippen LogP) is 2.51. The van der Waals surface area contributed by atoms with E-state index in [1.54, 1.807) is 11.3 Å².